The number of nitrogens with one attached hydrogen (secondary N) is 1. The average molecular weight is 397 g/mol. The Morgan fingerprint density at radius 2 is 2.00 bits per heavy atom. The second kappa shape index (κ2) is 7.73. The van der Waals surface area contributed by atoms with Gasteiger partial charge in [-0.15, -0.1) is 0 Å². The Labute approximate surface area is 172 Å². The zero-order valence-corrected chi connectivity index (χ0v) is 17.5. The van der Waals surface area contributed by atoms with Gasteiger partial charge in [-0.1, -0.05) is 19.9 Å². The molecule has 156 valence electrons. The lowest BCUT2D eigenvalue weighted by atomic mass is 9.99. The molecule has 3 aliphatic rings. The predicted molar refractivity (Wildman–Crippen MR) is 112 cm³/mol. The highest BCUT2D eigenvalue weighted by Gasteiger charge is 2.55. The van der Waals surface area contributed by atoms with Gasteiger partial charge in [0.2, 0.25) is 0 Å². The smallest absolute Gasteiger partial charge is 0.269 e. The van der Waals surface area contributed by atoms with E-state index in [1.807, 2.05) is 18.2 Å². The molecule has 0 bridgehead atoms. The lowest BCUT2D eigenvalue weighted by Crippen LogP contribution is -2.35. The Kier molecular flexibility index (Phi) is 5.08. The number of hydrogen-bond acceptors (Lipinski definition) is 4. The number of nitrogens with zero attached hydrogens (tertiary/aromatic N) is 3. The molecular weight excluding hydrogens is 364 g/mol. The topological polar surface area (TPSA) is 58.9 Å². The molecule has 4 heterocycles. The number of amides is 1. The van der Waals surface area contributed by atoms with Crippen molar-refractivity contribution < 1.29 is 9.53 Å². The van der Waals surface area contributed by atoms with Crippen molar-refractivity contribution in [2.75, 3.05) is 39.4 Å². The van der Waals surface area contributed by atoms with Gasteiger partial charge in [0.15, 0.2) is 0 Å². The number of aromatic nitrogens is 2. The zero-order chi connectivity index (χ0) is 20.0. The average Bonchev–Trinajstić information content (AvgIpc) is 3.08. The first-order valence-corrected chi connectivity index (χ1v) is 11.2. The van der Waals surface area contributed by atoms with E-state index in [1.54, 1.807) is 4.52 Å². The fourth-order valence-corrected chi connectivity index (χ4v) is 5.27. The van der Waals surface area contributed by atoms with Gasteiger partial charge in [-0.05, 0) is 60.6 Å². The minimum Gasteiger partial charge on any atom is -0.381 e. The van der Waals surface area contributed by atoms with Crippen molar-refractivity contribution in [3.63, 3.8) is 0 Å². The van der Waals surface area contributed by atoms with Crippen LogP contribution in [0.4, 0.5) is 0 Å². The summed E-state index contributed by atoms with van der Waals surface area (Å²) >= 11 is 0. The Morgan fingerprint density at radius 3 is 2.72 bits per heavy atom. The molecule has 1 amide bonds. The number of carbonyl (C=O) groups excluding carboxylic acids is 1. The van der Waals surface area contributed by atoms with Crippen molar-refractivity contribution in [1.29, 1.82) is 0 Å². The maximum absolute atomic E-state index is 12.8. The molecule has 0 spiro atoms. The molecule has 6 heteroatoms. The highest BCUT2D eigenvalue weighted by molar-refractivity contribution is 5.93. The van der Waals surface area contributed by atoms with E-state index in [-0.39, 0.29) is 5.91 Å². The van der Waals surface area contributed by atoms with E-state index in [0.717, 1.165) is 48.7 Å². The van der Waals surface area contributed by atoms with Crippen LogP contribution in [0.15, 0.2) is 24.3 Å². The van der Waals surface area contributed by atoms with Crippen LogP contribution in [0.2, 0.25) is 0 Å². The molecule has 1 N–H and O–H groups in total. The normalized spacial score (nSPS) is 27.5. The van der Waals surface area contributed by atoms with Crippen LogP contribution in [0.1, 0.15) is 48.8 Å². The quantitative estimate of drug-likeness (QED) is 0.816. The second-order valence-corrected chi connectivity index (χ2v) is 9.45. The summed E-state index contributed by atoms with van der Waals surface area (Å²) in [4.78, 5) is 15.5. The van der Waals surface area contributed by atoms with Gasteiger partial charge < -0.3 is 15.0 Å². The first-order valence-electron chi connectivity index (χ1n) is 11.2. The fourth-order valence-electron chi connectivity index (χ4n) is 5.27. The van der Waals surface area contributed by atoms with Crippen LogP contribution in [-0.4, -0.2) is 59.8 Å². The van der Waals surface area contributed by atoms with Gasteiger partial charge in [0.05, 0.1) is 11.2 Å². The van der Waals surface area contributed by atoms with Crippen LogP contribution < -0.4 is 5.32 Å². The van der Waals surface area contributed by atoms with Gasteiger partial charge in [-0.3, -0.25) is 4.79 Å². The van der Waals surface area contributed by atoms with Crippen molar-refractivity contribution in [1.82, 2.24) is 19.8 Å². The maximum Gasteiger partial charge on any atom is 0.269 e. The summed E-state index contributed by atoms with van der Waals surface area (Å²) in [5.41, 5.74) is 2.63. The van der Waals surface area contributed by atoms with Gasteiger partial charge in [0, 0.05) is 39.4 Å². The van der Waals surface area contributed by atoms with Gasteiger partial charge in [0.1, 0.15) is 5.69 Å². The Morgan fingerprint density at radius 1 is 1.24 bits per heavy atom. The monoisotopic (exact) mass is 396 g/mol. The van der Waals surface area contributed by atoms with Gasteiger partial charge in [-0.25, -0.2) is 4.52 Å². The minimum atomic E-state index is -0.0157. The Bertz CT molecular complexity index is 874. The van der Waals surface area contributed by atoms with Crippen LogP contribution in [0, 0.1) is 23.7 Å². The number of fused-ring (bicyclic) bond motifs is 2. The molecular formula is C23H32N4O2. The van der Waals surface area contributed by atoms with E-state index in [0.29, 0.717) is 17.5 Å². The number of hydrogen-bond donors (Lipinski definition) is 1. The highest BCUT2D eigenvalue weighted by Crippen LogP contribution is 2.51. The van der Waals surface area contributed by atoms with E-state index < -0.39 is 0 Å². The summed E-state index contributed by atoms with van der Waals surface area (Å²) < 4.78 is 7.26. The largest absolute Gasteiger partial charge is 0.381 e. The third-order valence-electron chi connectivity index (χ3n) is 7.13. The molecule has 2 aromatic heterocycles. The van der Waals surface area contributed by atoms with Crippen molar-refractivity contribution in [3.05, 3.63) is 35.7 Å². The van der Waals surface area contributed by atoms with Crippen LogP contribution in [-0.2, 0) is 4.74 Å². The zero-order valence-electron chi connectivity index (χ0n) is 17.5. The molecule has 3 fully saturated rings. The molecule has 29 heavy (non-hydrogen) atoms. The van der Waals surface area contributed by atoms with E-state index in [9.17, 15) is 4.79 Å². The Balaban J connectivity index is 1.14. The standard InChI is InChI=1S/C23H32N4O2/c1-15(2)21-10-17-4-3-5-22(27(17)25-21)23(28)24-11-18-19-13-26(14-20(18)19)12-16-6-8-29-9-7-16/h3-5,10,15-16,18-20H,6-9,11-14H2,1-2H3,(H,24,28). The lowest BCUT2D eigenvalue weighted by Gasteiger charge is -2.28. The van der Waals surface area contributed by atoms with Crippen LogP contribution >= 0.6 is 0 Å². The fraction of sp³-hybridized carbons (Fsp3) is 0.652. The van der Waals surface area contributed by atoms with Gasteiger partial charge in [0.25, 0.3) is 5.91 Å². The number of ether oxygens (including phenoxy) is 1. The number of piperidine rings is 1. The van der Waals surface area contributed by atoms with E-state index in [4.69, 9.17) is 4.74 Å². The van der Waals surface area contributed by atoms with Crippen LogP contribution in [0.25, 0.3) is 5.52 Å². The predicted octanol–water partition coefficient (Wildman–Crippen LogP) is 2.79. The van der Waals surface area contributed by atoms with Gasteiger partial charge in [-0.2, -0.15) is 5.10 Å². The molecule has 0 radical (unpaired) electrons. The maximum atomic E-state index is 12.8. The van der Waals surface area contributed by atoms with Crippen molar-refractivity contribution in [2.24, 2.45) is 23.7 Å². The van der Waals surface area contributed by atoms with Crippen molar-refractivity contribution >= 4 is 11.4 Å². The molecule has 2 atom stereocenters. The minimum absolute atomic E-state index is 0.0157. The second-order valence-electron chi connectivity index (χ2n) is 9.45. The number of rotatable bonds is 6. The third kappa shape index (κ3) is 3.80. The molecule has 2 aromatic rings. The summed E-state index contributed by atoms with van der Waals surface area (Å²) in [6.07, 6.45) is 2.42. The van der Waals surface area contributed by atoms with E-state index in [2.05, 4.69) is 35.2 Å². The van der Waals surface area contributed by atoms with Gasteiger partial charge >= 0.3 is 0 Å². The number of likely N-dealkylation sites (tertiary alicyclic amines) is 1. The van der Waals surface area contributed by atoms with Crippen molar-refractivity contribution in [3.8, 4) is 0 Å². The Hall–Kier alpha value is -1.92. The van der Waals surface area contributed by atoms with Crippen LogP contribution in [0.5, 0.6) is 0 Å². The molecule has 2 aliphatic heterocycles. The summed E-state index contributed by atoms with van der Waals surface area (Å²) in [6.45, 7) is 10.5. The molecule has 1 saturated carbocycles. The molecule has 5 rings (SSSR count). The van der Waals surface area contributed by atoms with E-state index >= 15 is 0 Å². The summed E-state index contributed by atoms with van der Waals surface area (Å²) in [7, 11) is 0. The third-order valence-corrected chi connectivity index (χ3v) is 7.13. The molecule has 2 saturated heterocycles. The summed E-state index contributed by atoms with van der Waals surface area (Å²) in [6, 6.07) is 7.88. The summed E-state index contributed by atoms with van der Waals surface area (Å²) in [5, 5.41) is 7.82. The van der Waals surface area contributed by atoms with Crippen molar-refractivity contribution in [2.45, 2.75) is 32.6 Å². The first kappa shape index (κ1) is 19.1. The number of pyridine rings is 1. The first-order chi connectivity index (χ1) is 14.1. The number of carbonyl (C=O) groups is 1. The lowest BCUT2D eigenvalue weighted by molar-refractivity contribution is 0.0535. The SMILES string of the molecule is CC(C)c1cc2cccc(C(=O)NCC3C4CN(CC5CCOCC5)CC34)n2n1. The molecule has 6 nitrogen and oxygen atoms in total. The van der Waals surface area contributed by atoms with Crippen LogP contribution in [0.3, 0.4) is 0 Å². The molecule has 1 aliphatic carbocycles. The highest BCUT2D eigenvalue weighted by atomic mass is 16.5. The van der Waals surface area contributed by atoms with E-state index in [1.165, 1.54) is 32.5 Å². The molecule has 0 aromatic carbocycles. The summed E-state index contributed by atoms with van der Waals surface area (Å²) in [5.74, 6) is 3.32. The molecule has 2 unspecified atom stereocenters.